The van der Waals surface area contributed by atoms with Crippen molar-refractivity contribution in [1.82, 2.24) is 5.32 Å². The summed E-state index contributed by atoms with van der Waals surface area (Å²) in [4.78, 5) is 25.6. The van der Waals surface area contributed by atoms with Crippen molar-refractivity contribution in [2.75, 3.05) is 0 Å². The third-order valence-corrected chi connectivity index (χ3v) is 5.62. The first-order valence-corrected chi connectivity index (χ1v) is 8.47. The first kappa shape index (κ1) is 16.0. The number of amides is 1. The summed E-state index contributed by atoms with van der Waals surface area (Å²) in [6.07, 6.45) is 5.96. The average Bonchev–Trinajstić information content (AvgIpc) is 2.86. The second kappa shape index (κ2) is 7.07. The molecule has 1 heterocycles. The molecule has 1 aliphatic rings. The van der Waals surface area contributed by atoms with Crippen LogP contribution in [0, 0.1) is 12.8 Å². The number of carboxylic acid groups (broad SMARTS) is 1. The van der Waals surface area contributed by atoms with Gasteiger partial charge in [0.1, 0.15) is 6.04 Å². The number of hydrogen-bond acceptors (Lipinski definition) is 3. The van der Waals surface area contributed by atoms with E-state index in [2.05, 4.69) is 12.2 Å². The van der Waals surface area contributed by atoms with Gasteiger partial charge in [-0.05, 0) is 43.7 Å². The molecule has 1 amide bonds. The highest BCUT2D eigenvalue weighted by Crippen LogP contribution is 2.27. The van der Waals surface area contributed by atoms with Gasteiger partial charge in [-0.15, -0.1) is 11.3 Å². The van der Waals surface area contributed by atoms with Gasteiger partial charge in [-0.1, -0.05) is 26.2 Å². The molecular formula is C16H23NO3S. The summed E-state index contributed by atoms with van der Waals surface area (Å²) in [6, 6.07) is 1.10. The van der Waals surface area contributed by atoms with Crippen LogP contribution in [0.1, 0.15) is 59.1 Å². The van der Waals surface area contributed by atoms with Crippen molar-refractivity contribution in [1.29, 1.82) is 0 Å². The number of aliphatic carboxylic acids is 1. The zero-order valence-corrected chi connectivity index (χ0v) is 13.5. The molecule has 0 bridgehead atoms. The van der Waals surface area contributed by atoms with Crippen LogP contribution in [0.25, 0.3) is 0 Å². The lowest BCUT2D eigenvalue weighted by Gasteiger charge is -2.27. The molecule has 1 aromatic heterocycles. The maximum atomic E-state index is 12.3. The molecular weight excluding hydrogens is 286 g/mol. The summed E-state index contributed by atoms with van der Waals surface area (Å²) in [5, 5.41) is 12.2. The van der Waals surface area contributed by atoms with Crippen LogP contribution in [-0.4, -0.2) is 23.0 Å². The Morgan fingerprint density at radius 2 is 2.05 bits per heavy atom. The molecule has 1 aliphatic carbocycles. The Morgan fingerprint density at radius 3 is 2.57 bits per heavy atom. The normalized spacial score (nSPS) is 17.4. The third kappa shape index (κ3) is 3.84. The van der Waals surface area contributed by atoms with E-state index < -0.39 is 12.0 Å². The van der Waals surface area contributed by atoms with Gasteiger partial charge in [0.25, 0.3) is 5.91 Å². The lowest BCUT2D eigenvalue weighted by atomic mass is 9.84. The van der Waals surface area contributed by atoms with Crippen LogP contribution >= 0.6 is 11.3 Å². The van der Waals surface area contributed by atoms with Crippen molar-refractivity contribution >= 4 is 23.2 Å². The molecule has 1 fully saturated rings. The summed E-state index contributed by atoms with van der Waals surface area (Å²) in [6.45, 7) is 4.05. The van der Waals surface area contributed by atoms with Gasteiger partial charge in [-0.25, -0.2) is 4.79 Å². The predicted molar refractivity (Wildman–Crippen MR) is 83.9 cm³/mol. The van der Waals surface area contributed by atoms with Gasteiger partial charge in [-0.2, -0.15) is 0 Å². The second-order valence-electron chi connectivity index (χ2n) is 5.76. The monoisotopic (exact) mass is 309 g/mol. The molecule has 0 radical (unpaired) electrons. The number of aryl methyl sites for hydroxylation is 2. The molecule has 0 aromatic carbocycles. The van der Waals surface area contributed by atoms with Gasteiger partial charge < -0.3 is 10.4 Å². The molecule has 1 atom stereocenters. The number of rotatable bonds is 5. The molecule has 2 rings (SSSR count). The Morgan fingerprint density at radius 1 is 1.38 bits per heavy atom. The van der Waals surface area contributed by atoms with Gasteiger partial charge in [0.15, 0.2) is 0 Å². The number of carbonyl (C=O) groups is 2. The van der Waals surface area contributed by atoms with Gasteiger partial charge in [0, 0.05) is 4.88 Å². The largest absolute Gasteiger partial charge is 0.480 e. The molecule has 1 unspecified atom stereocenters. The Hall–Kier alpha value is -1.36. The molecule has 116 valence electrons. The van der Waals surface area contributed by atoms with Crippen LogP contribution in [0.2, 0.25) is 0 Å². The Kier molecular flexibility index (Phi) is 5.39. The molecule has 1 aromatic rings. The minimum Gasteiger partial charge on any atom is -0.480 e. The maximum absolute atomic E-state index is 12.3. The van der Waals surface area contributed by atoms with Crippen molar-refractivity contribution < 1.29 is 14.7 Å². The fourth-order valence-electron chi connectivity index (χ4n) is 3.04. The average molecular weight is 309 g/mol. The molecule has 0 aliphatic heterocycles. The molecule has 21 heavy (non-hydrogen) atoms. The molecule has 0 spiro atoms. The fourth-order valence-corrected chi connectivity index (χ4v) is 4.06. The fraction of sp³-hybridized carbons (Fsp3) is 0.625. The van der Waals surface area contributed by atoms with E-state index in [0.717, 1.165) is 37.7 Å². The quantitative estimate of drug-likeness (QED) is 0.876. The van der Waals surface area contributed by atoms with Crippen LogP contribution in [-0.2, 0) is 11.2 Å². The molecule has 5 heteroatoms. The van der Waals surface area contributed by atoms with Crippen molar-refractivity contribution in [3.8, 4) is 0 Å². The number of carbonyl (C=O) groups excluding carboxylic acids is 1. The molecule has 0 saturated heterocycles. The SMILES string of the molecule is CCc1sc(C(=O)NC(C(=O)O)C2CCCCC2)cc1C. The predicted octanol–water partition coefficient (Wildman–Crippen LogP) is 3.38. The van der Waals surface area contributed by atoms with Crippen LogP contribution in [0.5, 0.6) is 0 Å². The number of nitrogens with one attached hydrogen (secondary N) is 1. The maximum Gasteiger partial charge on any atom is 0.326 e. The Labute approximate surface area is 129 Å². The number of carboxylic acids is 1. The summed E-state index contributed by atoms with van der Waals surface area (Å²) in [7, 11) is 0. The van der Waals surface area contributed by atoms with E-state index in [1.54, 1.807) is 0 Å². The minimum atomic E-state index is -0.917. The van der Waals surface area contributed by atoms with E-state index in [-0.39, 0.29) is 11.8 Å². The van der Waals surface area contributed by atoms with Gasteiger partial charge in [0.05, 0.1) is 4.88 Å². The van der Waals surface area contributed by atoms with E-state index in [1.807, 2.05) is 13.0 Å². The Balaban J connectivity index is 2.08. The van der Waals surface area contributed by atoms with Crippen molar-refractivity contribution in [2.24, 2.45) is 5.92 Å². The Bertz CT molecular complexity index is 518. The lowest BCUT2D eigenvalue weighted by molar-refractivity contribution is -0.141. The first-order chi connectivity index (χ1) is 10.0. The summed E-state index contributed by atoms with van der Waals surface area (Å²) < 4.78 is 0. The highest BCUT2D eigenvalue weighted by atomic mass is 32.1. The van der Waals surface area contributed by atoms with Crippen LogP contribution in [0.4, 0.5) is 0 Å². The van der Waals surface area contributed by atoms with E-state index in [1.165, 1.54) is 22.6 Å². The topological polar surface area (TPSA) is 66.4 Å². The first-order valence-electron chi connectivity index (χ1n) is 7.66. The van der Waals surface area contributed by atoms with Crippen LogP contribution < -0.4 is 5.32 Å². The summed E-state index contributed by atoms with van der Waals surface area (Å²) in [5.41, 5.74) is 1.11. The zero-order valence-electron chi connectivity index (χ0n) is 12.6. The van der Waals surface area contributed by atoms with Crippen LogP contribution in [0.3, 0.4) is 0 Å². The number of hydrogen-bond donors (Lipinski definition) is 2. The third-order valence-electron chi connectivity index (χ3n) is 4.24. The van der Waals surface area contributed by atoms with E-state index in [4.69, 9.17) is 0 Å². The van der Waals surface area contributed by atoms with Gasteiger partial charge >= 0.3 is 5.97 Å². The molecule has 1 saturated carbocycles. The van der Waals surface area contributed by atoms with E-state index >= 15 is 0 Å². The number of thiophene rings is 1. The van der Waals surface area contributed by atoms with Gasteiger partial charge in [0.2, 0.25) is 0 Å². The van der Waals surface area contributed by atoms with E-state index in [0.29, 0.717) is 4.88 Å². The highest BCUT2D eigenvalue weighted by molar-refractivity contribution is 7.14. The van der Waals surface area contributed by atoms with Crippen LogP contribution in [0.15, 0.2) is 6.07 Å². The zero-order chi connectivity index (χ0) is 15.4. The van der Waals surface area contributed by atoms with Crippen molar-refractivity contribution in [2.45, 2.75) is 58.4 Å². The van der Waals surface area contributed by atoms with E-state index in [9.17, 15) is 14.7 Å². The highest BCUT2D eigenvalue weighted by Gasteiger charge is 2.31. The summed E-state index contributed by atoms with van der Waals surface area (Å²) >= 11 is 1.46. The standard InChI is InChI=1S/C16H23NO3S/c1-3-12-10(2)9-13(21-12)15(18)17-14(16(19)20)11-7-5-4-6-8-11/h9,11,14H,3-8H2,1-2H3,(H,17,18)(H,19,20). The summed E-state index contributed by atoms with van der Waals surface area (Å²) in [5.74, 6) is -1.10. The van der Waals surface area contributed by atoms with Crippen molar-refractivity contribution in [3.05, 3.63) is 21.4 Å². The lowest BCUT2D eigenvalue weighted by Crippen LogP contribution is -2.46. The minimum absolute atomic E-state index is 0.0619. The second-order valence-corrected chi connectivity index (χ2v) is 6.89. The molecule has 4 nitrogen and oxygen atoms in total. The van der Waals surface area contributed by atoms with Crippen molar-refractivity contribution in [3.63, 3.8) is 0 Å². The molecule has 2 N–H and O–H groups in total. The smallest absolute Gasteiger partial charge is 0.326 e. The van der Waals surface area contributed by atoms with Gasteiger partial charge in [-0.3, -0.25) is 4.79 Å².